The van der Waals surface area contributed by atoms with E-state index in [2.05, 4.69) is 0 Å². The van der Waals surface area contributed by atoms with E-state index in [1.165, 1.54) is 4.31 Å². The third-order valence-electron chi connectivity index (χ3n) is 3.88. The summed E-state index contributed by atoms with van der Waals surface area (Å²) in [7, 11) is -3.57. The minimum Gasteiger partial charge on any atom is -0.267 e. The average Bonchev–Trinajstić information content (AvgIpc) is 2.64. The summed E-state index contributed by atoms with van der Waals surface area (Å²) in [5, 5.41) is 0. The van der Waals surface area contributed by atoms with Gasteiger partial charge in [-0.3, -0.25) is 4.31 Å². The van der Waals surface area contributed by atoms with Gasteiger partial charge in [0.2, 0.25) is 0 Å². The Balaban J connectivity index is 1.95. The Kier molecular flexibility index (Phi) is 4.67. The van der Waals surface area contributed by atoms with Gasteiger partial charge in [-0.15, -0.1) is 0 Å². The van der Waals surface area contributed by atoms with E-state index in [0.29, 0.717) is 17.1 Å². The Morgan fingerprint density at radius 1 is 0.708 bits per heavy atom. The van der Waals surface area contributed by atoms with Crippen molar-refractivity contribution in [2.75, 3.05) is 10.8 Å². The van der Waals surface area contributed by atoms with Crippen LogP contribution in [0.5, 0.6) is 0 Å². The van der Waals surface area contributed by atoms with Gasteiger partial charge in [-0.05, 0) is 42.3 Å². The van der Waals surface area contributed by atoms with E-state index < -0.39 is 10.0 Å². The first-order valence-electron chi connectivity index (χ1n) is 7.86. The summed E-state index contributed by atoms with van der Waals surface area (Å²) in [5.74, 6) is 0. The molecule has 0 spiro atoms. The Morgan fingerprint density at radius 3 is 1.75 bits per heavy atom. The highest BCUT2D eigenvalue weighted by atomic mass is 32.2. The second kappa shape index (κ2) is 6.89. The van der Waals surface area contributed by atoms with E-state index in [9.17, 15) is 8.42 Å². The van der Waals surface area contributed by atoms with Crippen LogP contribution in [0.4, 0.5) is 5.69 Å². The number of para-hydroxylation sites is 1. The van der Waals surface area contributed by atoms with Crippen LogP contribution in [0.2, 0.25) is 0 Å². The van der Waals surface area contributed by atoms with Crippen molar-refractivity contribution in [3.05, 3.63) is 84.9 Å². The molecular formula is C20H19NO2S. The van der Waals surface area contributed by atoms with Crippen molar-refractivity contribution in [3.63, 3.8) is 0 Å². The van der Waals surface area contributed by atoms with Crippen molar-refractivity contribution in [3.8, 4) is 11.1 Å². The summed E-state index contributed by atoms with van der Waals surface area (Å²) in [6, 6.07) is 26.1. The number of hydrogen-bond donors (Lipinski definition) is 0. The number of sulfonamides is 1. The standard InChI is InChI=1S/C20H19NO2S/c1-2-21(19-11-7-4-8-12-19)24(22,23)20-15-13-18(14-16-20)17-9-5-3-6-10-17/h3-16H,2H2,1H3. The van der Waals surface area contributed by atoms with E-state index in [4.69, 9.17) is 0 Å². The lowest BCUT2D eigenvalue weighted by Gasteiger charge is -2.23. The topological polar surface area (TPSA) is 37.4 Å². The van der Waals surface area contributed by atoms with Crippen LogP contribution in [0.15, 0.2) is 89.8 Å². The average molecular weight is 337 g/mol. The van der Waals surface area contributed by atoms with E-state index in [-0.39, 0.29) is 0 Å². The van der Waals surface area contributed by atoms with Crippen molar-refractivity contribution in [2.24, 2.45) is 0 Å². The SMILES string of the molecule is CCN(c1ccccc1)S(=O)(=O)c1ccc(-c2ccccc2)cc1. The van der Waals surface area contributed by atoms with Crippen LogP contribution in [0.25, 0.3) is 11.1 Å². The van der Waals surface area contributed by atoms with Gasteiger partial charge in [-0.1, -0.05) is 60.7 Å². The van der Waals surface area contributed by atoms with Gasteiger partial charge in [-0.25, -0.2) is 8.42 Å². The molecule has 0 fully saturated rings. The number of hydrogen-bond acceptors (Lipinski definition) is 2. The molecule has 0 saturated carbocycles. The molecule has 3 nitrogen and oxygen atoms in total. The Labute approximate surface area is 143 Å². The van der Waals surface area contributed by atoms with Gasteiger partial charge < -0.3 is 0 Å². The number of benzene rings is 3. The van der Waals surface area contributed by atoms with Crippen molar-refractivity contribution in [1.29, 1.82) is 0 Å². The van der Waals surface area contributed by atoms with Crippen molar-refractivity contribution < 1.29 is 8.42 Å². The van der Waals surface area contributed by atoms with Crippen LogP contribution >= 0.6 is 0 Å². The maximum Gasteiger partial charge on any atom is 0.264 e. The molecule has 4 heteroatoms. The normalized spacial score (nSPS) is 11.2. The molecule has 0 saturated heterocycles. The molecule has 3 aromatic carbocycles. The lowest BCUT2D eigenvalue weighted by molar-refractivity contribution is 0.592. The van der Waals surface area contributed by atoms with Gasteiger partial charge in [-0.2, -0.15) is 0 Å². The minimum atomic E-state index is -3.57. The number of rotatable bonds is 5. The van der Waals surface area contributed by atoms with Crippen LogP contribution in [0, 0.1) is 0 Å². The molecule has 0 aliphatic carbocycles. The second-order valence-corrected chi connectivity index (χ2v) is 7.26. The molecule has 3 aromatic rings. The smallest absolute Gasteiger partial charge is 0.264 e. The summed E-state index contributed by atoms with van der Waals surface area (Å²) in [4.78, 5) is 0.299. The van der Waals surface area contributed by atoms with E-state index in [1.54, 1.807) is 24.3 Å². The van der Waals surface area contributed by atoms with Crippen molar-refractivity contribution in [1.82, 2.24) is 0 Å². The summed E-state index contributed by atoms with van der Waals surface area (Å²) in [6.45, 7) is 2.22. The van der Waals surface area contributed by atoms with E-state index in [0.717, 1.165) is 11.1 Å². The number of anilines is 1. The van der Waals surface area contributed by atoms with Gasteiger partial charge >= 0.3 is 0 Å². The highest BCUT2D eigenvalue weighted by Gasteiger charge is 2.23. The van der Waals surface area contributed by atoms with Gasteiger partial charge in [0.15, 0.2) is 0 Å². The summed E-state index contributed by atoms with van der Waals surface area (Å²) >= 11 is 0. The molecule has 0 heterocycles. The summed E-state index contributed by atoms with van der Waals surface area (Å²) in [6.07, 6.45) is 0. The molecule has 3 rings (SSSR count). The molecular weight excluding hydrogens is 318 g/mol. The zero-order valence-corrected chi connectivity index (χ0v) is 14.3. The van der Waals surface area contributed by atoms with Crippen LogP contribution in [0.3, 0.4) is 0 Å². The maximum atomic E-state index is 12.9. The van der Waals surface area contributed by atoms with E-state index in [1.807, 2.05) is 67.6 Å². The van der Waals surface area contributed by atoms with Gasteiger partial charge in [0.05, 0.1) is 10.6 Å². The van der Waals surface area contributed by atoms with Crippen molar-refractivity contribution in [2.45, 2.75) is 11.8 Å². The molecule has 0 N–H and O–H groups in total. The Morgan fingerprint density at radius 2 is 1.21 bits per heavy atom. The molecule has 0 radical (unpaired) electrons. The molecule has 0 unspecified atom stereocenters. The van der Waals surface area contributed by atoms with Crippen LogP contribution in [-0.4, -0.2) is 15.0 Å². The highest BCUT2D eigenvalue weighted by Crippen LogP contribution is 2.26. The third kappa shape index (κ3) is 3.19. The predicted octanol–water partition coefficient (Wildman–Crippen LogP) is 4.57. The fourth-order valence-corrected chi connectivity index (χ4v) is 4.14. The lowest BCUT2D eigenvalue weighted by Crippen LogP contribution is -2.30. The van der Waals surface area contributed by atoms with Gasteiger partial charge in [0.25, 0.3) is 10.0 Å². The third-order valence-corrected chi connectivity index (χ3v) is 5.80. The highest BCUT2D eigenvalue weighted by molar-refractivity contribution is 7.92. The zero-order valence-electron chi connectivity index (χ0n) is 13.5. The Bertz CT molecular complexity index is 889. The van der Waals surface area contributed by atoms with Crippen LogP contribution in [-0.2, 0) is 10.0 Å². The fraction of sp³-hybridized carbons (Fsp3) is 0.100. The quantitative estimate of drug-likeness (QED) is 0.684. The molecule has 0 aliphatic heterocycles. The molecule has 24 heavy (non-hydrogen) atoms. The van der Waals surface area contributed by atoms with Gasteiger partial charge in [0, 0.05) is 6.54 Å². The first-order chi connectivity index (χ1) is 11.6. The lowest BCUT2D eigenvalue weighted by atomic mass is 10.1. The van der Waals surface area contributed by atoms with Crippen molar-refractivity contribution >= 4 is 15.7 Å². The minimum absolute atomic E-state index is 0.299. The summed E-state index contributed by atoms with van der Waals surface area (Å²) in [5.41, 5.74) is 2.74. The maximum absolute atomic E-state index is 12.9. The molecule has 122 valence electrons. The molecule has 0 aromatic heterocycles. The molecule has 0 aliphatic rings. The number of nitrogens with zero attached hydrogens (tertiary/aromatic N) is 1. The first-order valence-corrected chi connectivity index (χ1v) is 9.30. The fourth-order valence-electron chi connectivity index (χ4n) is 2.66. The molecule has 0 amide bonds. The first kappa shape index (κ1) is 16.3. The van der Waals surface area contributed by atoms with Gasteiger partial charge in [0.1, 0.15) is 0 Å². The molecule has 0 bridgehead atoms. The van der Waals surface area contributed by atoms with E-state index >= 15 is 0 Å². The monoisotopic (exact) mass is 337 g/mol. The summed E-state index contributed by atoms with van der Waals surface area (Å²) < 4.78 is 27.3. The zero-order chi connectivity index (χ0) is 17.0. The molecule has 0 atom stereocenters. The predicted molar refractivity (Wildman–Crippen MR) is 98.5 cm³/mol. The Hall–Kier alpha value is -2.59. The second-order valence-electron chi connectivity index (χ2n) is 5.40. The van der Waals surface area contributed by atoms with Crippen LogP contribution < -0.4 is 4.31 Å². The van der Waals surface area contributed by atoms with Crippen LogP contribution in [0.1, 0.15) is 6.92 Å². The largest absolute Gasteiger partial charge is 0.267 e.